The molecule has 4 heteroatoms. The standard InChI is InChI=1S/C22H31NO3/c1-13-4-5-16-17-8-9-22(3)20(6-7-21(22)26-14(2)24)19(17)11-15(12-25-23)18(16)10-13/h4-5,10,15,17,19-21H,6-9,11-12,23H2,1-3H3/t15-,17-,19+,20+,21?,22-/m0/s1. The lowest BCUT2D eigenvalue weighted by Gasteiger charge is -2.51. The van der Waals surface area contributed by atoms with Gasteiger partial charge in [0, 0.05) is 18.3 Å². The van der Waals surface area contributed by atoms with Crippen LogP contribution in [0, 0.1) is 24.2 Å². The third kappa shape index (κ3) is 2.78. The van der Waals surface area contributed by atoms with Crippen molar-refractivity contribution in [3.63, 3.8) is 0 Å². The molecule has 0 saturated heterocycles. The van der Waals surface area contributed by atoms with Crippen LogP contribution in [0.1, 0.15) is 74.5 Å². The minimum atomic E-state index is -0.141. The maximum atomic E-state index is 11.6. The maximum Gasteiger partial charge on any atom is 0.302 e. The van der Waals surface area contributed by atoms with Crippen molar-refractivity contribution in [1.82, 2.24) is 0 Å². The zero-order valence-electron chi connectivity index (χ0n) is 16.2. The fourth-order valence-electron chi connectivity index (χ4n) is 6.46. The summed E-state index contributed by atoms with van der Waals surface area (Å²) in [5.41, 5.74) is 4.37. The van der Waals surface area contributed by atoms with Crippen molar-refractivity contribution in [3.8, 4) is 0 Å². The average Bonchev–Trinajstić information content (AvgIpc) is 2.91. The summed E-state index contributed by atoms with van der Waals surface area (Å²) >= 11 is 0. The van der Waals surface area contributed by atoms with Crippen molar-refractivity contribution in [2.45, 2.75) is 70.8 Å². The van der Waals surface area contributed by atoms with E-state index < -0.39 is 0 Å². The van der Waals surface area contributed by atoms with E-state index in [0.717, 1.165) is 25.7 Å². The molecule has 0 aliphatic heterocycles. The zero-order valence-corrected chi connectivity index (χ0v) is 16.2. The fourth-order valence-corrected chi connectivity index (χ4v) is 6.46. The number of hydrogen-bond donors (Lipinski definition) is 1. The van der Waals surface area contributed by atoms with Crippen LogP contribution in [-0.4, -0.2) is 18.7 Å². The Labute approximate surface area is 156 Å². The van der Waals surface area contributed by atoms with Gasteiger partial charge >= 0.3 is 5.97 Å². The molecule has 2 saturated carbocycles. The first kappa shape index (κ1) is 18.0. The molecule has 0 aromatic heterocycles. The fraction of sp³-hybridized carbons (Fsp3) is 0.682. The van der Waals surface area contributed by atoms with Gasteiger partial charge in [-0.2, -0.15) is 0 Å². The summed E-state index contributed by atoms with van der Waals surface area (Å²) in [7, 11) is 0. The van der Waals surface area contributed by atoms with Gasteiger partial charge in [-0.3, -0.25) is 4.79 Å². The van der Waals surface area contributed by atoms with Crippen molar-refractivity contribution in [2.24, 2.45) is 23.1 Å². The molecule has 3 aliphatic carbocycles. The lowest BCUT2D eigenvalue weighted by atomic mass is 9.54. The van der Waals surface area contributed by atoms with Crippen LogP contribution in [0.15, 0.2) is 18.2 Å². The Morgan fingerprint density at radius 2 is 2.08 bits per heavy atom. The highest BCUT2D eigenvalue weighted by atomic mass is 16.6. The summed E-state index contributed by atoms with van der Waals surface area (Å²) in [6.45, 7) is 6.63. The molecule has 0 heterocycles. The van der Waals surface area contributed by atoms with Crippen LogP contribution < -0.4 is 5.90 Å². The number of fused-ring (bicyclic) bond motifs is 5. The van der Waals surface area contributed by atoms with E-state index in [9.17, 15) is 4.79 Å². The van der Waals surface area contributed by atoms with E-state index in [1.807, 2.05) is 0 Å². The van der Waals surface area contributed by atoms with Crippen LogP contribution in [-0.2, 0) is 14.4 Å². The number of aryl methyl sites for hydroxylation is 1. The molecule has 0 amide bonds. The molecule has 0 bridgehead atoms. The second-order valence-corrected chi connectivity index (χ2v) is 9.00. The van der Waals surface area contributed by atoms with E-state index in [-0.39, 0.29) is 17.5 Å². The van der Waals surface area contributed by atoms with Gasteiger partial charge in [-0.05, 0) is 67.9 Å². The molecule has 1 unspecified atom stereocenters. The van der Waals surface area contributed by atoms with Gasteiger partial charge in [0.2, 0.25) is 0 Å². The largest absolute Gasteiger partial charge is 0.462 e. The Bertz CT molecular complexity index is 703. The Balaban J connectivity index is 1.68. The summed E-state index contributed by atoms with van der Waals surface area (Å²) in [6.07, 6.45) is 5.69. The molecule has 3 aliphatic rings. The van der Waals surface area contributed by atoms with Gasteiger partial charge in [-0.1, -0.05) is 30.7 Å². The SMILES string of the molecule is CC(=O)OC1CC[C@@H]2[C@@H]3C[C@@H](CON)c4cc(C)ccc4[C@@H]3CC[C@]12C. The molecule has 6 atom stereocenters. The molecule has 4 rings (SSSR count). The molecule has 2 fully saturated rings. The molecule has 0 radical (unpaired) electrons. The monoisotopic (exact) mass is 357 g/mol. The Hall–Kier alpha value is -1.39. The minimum Gasteiger partial charge on any atom is -0.462 e. The smallest absolute Gasteiger partial charge is 0.302 e. The zero-order chi connectivity index (χ0) is 18.5. The number of esters is 1. The van der Waals surface area contributed by atoms with E-state index in [4.69, 9.17) is 15.5 Å². The van der Waals surface area contributed by atoms with Crippen molar-refractivity contribution < 1.29 is 14.4 Å². The summed E-state index contributed by atoms with van der Waals surface area (Å²) in [5, 5.41) is 0. The quantitative estimate of drug-likeness (QED) is 0.650. The molecule has 0 spiro atoms. The molecule has 142 valence electrons. The number of ether oxygens (including phenoxy) is 1. The maximum absolute atomic E-state index is 11.6. The third-order valence-corrected chi connectivity index (χ3v) is 7.59. The highest BCUT2D eigenvalue weighted by Gasteiger charge is 2.56. The molecule has 1 aromatic rings. The van der Waals surface area contributed by atoms with E-state index >= 15 is 0 Å². The first-order valence-electron chi connectivity index (χ1n) is 10.0. The number of nitrogens with two attached hydrogens (primary N) is 1. The summed E-state index contributed by atoms with van der Waals surface area (Å²) < 4.78 is 5.74. The summed E-state index contributed by atoms with van der Waals surface area (Å²) in [5.74, 6) is 7.56. The molecular formula is C22H31NO3. The van der Waals surface area contributed by atoms with Gasteiger partial charge in [0.05, 0.1) is 6.61 Å². The third-order valence-electron chi connectivity index (χ3n) is 7.59. The molecule has 26 heavy (non-hydrogen) atoms. The first-order chi connectivity index (χ1) is 12.4. The van der Waals surface area contributed by atoms with Crippen LogP contribution >= 0.6 is 0 Å². The van der Waals surface area contributed by atoms with E-state index in [1.54, 1.807) is 0 Å². The predicted molar refractivity (Wildman–Crippen MR) is 101 cm³/mol. The molecular weight excluding hydrogens is 326 g/mol. The normalized spacial score (nSPS) is 38.2. The molecule has 1 aromatic carbocycles. The van der Waals surface area contributed by atoms with Crippen LogP contribution in [0.2, 0.25) is 0 Å². The minimum absolute atomic E-state index is 0.0783. The van der Waals surface area contributed by atoms with Crippen molar-refractivity contribution in [2.75, 3.05) is 6.61 Å². The van der Waals surface area contributed by atoms with E-state index in [1.165, 1.54) is 30.0 Å². The highest BCUT2D eigenvalue weighted by molar-refractivity contribution is 5.66. The first-order valence-corrected chi connectivity index (χ1v) is 10.0. The average molecular weight is 357 g/mol. The second kappa shape index (κ2) is 6.65. The molecule has 4 nitrogen and oxygen atoms in total. The van der Waals surface area contributed by atoms with E-state index in [0.29, 0.717) is 30.3 Å². The van der Waals surface area contributed by atoms with E-state index in [2.05, 4.69) is 32.0 Å². The lowest BCUT2D eigenvalue weighted by molar-refractivity contribution is -0.154. The van der Waals surface area contributed by atoms with Crippen molar-refractivity contribution >= 4 is 5.97 Å². The predicted octanol–water partition coefficient (Wildman–Crippen LogP) is 4.21. The van der Waals surface area contributed by atoms with Gasteiger partial charge in [0.25, 0.3) is 0 Å². The summed E-state index contributed by atoms with van der Waals surface area (Å²) in [6, 6.07) is 6.91. The summed E-state index contributed by atoms with van der Waals surface area (Å²) in [4.78, 5) is 16.7. The number of rotatable bonds is 3. The van der Waals surface area contributed by atoms with Gasteiger partial charge in [-0.25, -0.2) is 5.90 Å². The van der Waals surface area contributed by atoms with Crippen LogP contribution in [0.5, 0.6) is 0 Å². The number of carbonyl (C=O) groups excluding carboxylic acids is 1. The van der Waals surface area contributed by atoms with Gasteiger partial charge in [0.1, 0.15) is 6.10 Å². The van der Waals surface area contributed by atoms with Crippen molar-refractivity contribution in [3.05, 3.63) is 34.9 Å². The number of benzene rings is 1. The Morgan fingerprint density at radius 1 is 1.27 bits per heavy atom. The van der Waals surface area contributed by atoms with Crippen LogP contribution in [0.25, 0.3) is 0 Å². The topological polar surface area (TPSA) is 61.5 Å². The number of carbonyl (C=O) groups is 1. The van der Waals surface area contributed by atoms with Gasteiger partial charge in [0.15, 0.2) is 0 Å². The highest BCUT2D eigenvalue weighted by Crippen LogP contribution is 2.62. The van der Waals surface area contributed by atoms with Gasteiger partial charge < -0.3 is 9.57 Å². The van der Waals surface area contributed by atoms with Gasteiger partial charge in [-0.15, -0.1) is 0 Å². The Kier molecular flexibility index (Phi) is 4.60. The second-order valence-electron chi connectivity index (χ2n) is 9.00. The lowest BCUT2D eigenvalue weighted by Crippen LogP contribution is -2.46. The van der Waals surface area contributed by atoms with Crippen molar-refractivity contribution in [1.29, 1.82) is 0 Å². The Morgan fingerprint density at radius 3 is 2.81 bits per heavy atom. The molecule has 2 N–H and O–H groups in total. The van der Waals surface area contributed by atoms with Crippen LogP contribution in [0.3, 0.4) is 0 Å². The number of hydrogen-bond acceptors (Lipinski definition) is 4. The van der Waals surface area contributed by atoms with Crippen LogP contribution in [0.4, 0.5) is 0 Å².